The van der Waals surface area contributed by atoms with Crippen LogP contribution in [0.15, 0.2) is 4.99 Å². The molecule has 0 saturated carbocycles. The van der Waals surface area contributed by atoms with Crippen molar-refractivity contribution in [2.75, 3.05) is 13.2 Å². The van der Waals surface area contributed by atoms with Crippen LogP contribution in [-0.4, -0.2) is 41.1 Å². The Balaban J connectivity index is 2.72. The molecule has 1 atom stereocenters. The Kier molecular flexibility index (Phi) is 2.65. The first kappa shape index (κ1) is 8.99. The Morgan fingerprint density at radius 3 is 3.00 bits per heavy atom. The van der Waals surface area contributed by atoms with Crippen LogP contribution in [0.3, 0.4) is 0 Å². The fraction of sp³-hybridized carbons (Fsp3) is 0.714. The van der Waals surface area contributed by atoms with E-state index in [1.807, 2.05) is 6.92 Å². The van der Waals surface area contributed by atoms with Gasteiger partial charge in [0.05, 0.1) is 19.2 Å². The maximum Gasteiger partial charge on any atom is 0.231 e. The van der Waals surface area contributed by atoms with Crippen molar-refractivity contribution in [1.82, 2.24) is 4.90 Å². The van der Waals surface area contributed by atoms with E-state index in [1.165, 1.54) is 4.90 Å². The van der Waals surface area contributed by atoms with Gasteiger partial charge < -0.3 is 10.8 Å². The van der Waals surface area contributed by atoms with E-state index in [4.69, 9.17) is 10.8 Å². The van der Waals surface area contributed by atoms with Crippen molar-refractivity contribution in [3.05, 3.63) is 0 Å². The lowest BCUT2D eigenvalue weighted by molar-refractivity contribution is -0.128. The molecule has 0 aromatic rings. The summed E-state index contributed by atoms with van der Waals surface area (Å²) in [6.45, 7) is 1.98. The van der Waals surface area contributed by atoms with E-state index in [-0.39, 0.29) is 31.1 Å². The number of nitrogens with two attached hydrogens (primary N) is 1. The van der Waals surface area contributed by atoms with E-state index >= 15 is 0 Å². The van der Waals surface area contributed by atoms with Crippen molar-refractivity contribution in [3.63, 3.8) is 0 Å². The summed E-state index contributed by atoms with van der Waals surface area (Å²) in [6.07, 6.45) is 0.376. The zero-order valence-corrected chi connectivity index (χ0v) is 7.03. The van der Waals surface area contributed by atoms with Crippen LogP contribution in [0, 0.1) is 0 Å². The molecule has 1 heterocycles. The van der Waals surface area contributed by atoms with Crippen molar-refractivity contribution >= 4 is 11.9 Å². The van der Waals surface area contributed by atoms with Gasteiger partial charge >= 0.3 is 0 Å². The summed E-state index contributed by atoms with van der Waals surface area (Å²) in [7, 11) is 0. The smallest absolute Gasteiger partial charge is 0.231 e. The molecule has 1 amide bonds. The summed E-state index contributed by atoms with van der Waals surface area (Å²) in [5, 5.41) is 8.62. The summed E-state index contributed by atoms with van der Waals surface area (Å²) in [6, 6.07) is -0.0348. The highest BCUT2D eigenvalue weighted by Crippen LogP contribution is 2.08. The summed E-state index contributed by atoms with van der Waals surface area (Å²) < 4.78 is 0. The van der Waals surface area contributed by atoms with Gasteiger partial charge in [-0.3, -0.25) is 9.69 Å². The normalized spacial score (nSPS) is 24.2. The average molecular weight is 171 g/mol. The standard InChI is InChI=1S/C7H13N3O2/c1-5-4-6(12)10(2-3-11)7(8)9-5/h5,11H,2-4H2,1H3,(H2,8,9). The minimum atomic E-state index is -0.0870. The summed E-state index contributed by atoms with van der Waals surface area (Å²) in [5.41, 5.74) is 5.49. The maximum atomic E-state index is 11.3. The van der Waals surface area contributed by atoms with Crippen LogP contribution in [0.4, 0.5) is 0 Å². The van der Waals surface area contributed by atoms with Gasteiger partial charge in [-0.05, 0) is 6.92 Å². The van der Waals surface area contributed by atoms with Gasteiger partial charge in [0.25, 0.3) is 0 Å². The van der Waals surface area contributed by atoms with E-state index in [1.54, 1.807) is 0 Å². The van der Waals surface area contributed by atoms with Crippen LogP contribution < -0.4 is 5.73 Å². The lowest BCUT2D eigenvalue weighted by Crippen LogP contribution is -2.47. The van der Waals surface area contributed by atoms with E-state index < -0.39 is 0 Å². The Hall–Kier alpha value is -1.10. The minimum absolute atomic E-state index is 0.0348. The van der Waals surface area contributed by atoms with Gasteiger partial charge in [0, 0.05) is 6.42 Å². The highest BCUT2D eigenvalue weighted by molar-refractivity contribution is 5.98. The van der Waals surface area contributed by atoms with E-state index in [0.29, 0.717) is 6.42 Å². The SMILES string of the molecule is CC1CC(=O)N(CCO)C(N)=N1. The molecule has 3 N–H and O–H groups in total. The van der Waals surface area contributed by atoms with Gasteiger partial charge in [-0.1, -0.05) is 0 Å². The monoisotopic (exact) mass is 171 g/mol. The number of hydrogen-bond acceptors (Lipinski definition) is 4. The predicted octanol–water partition coefficient (Wildman–Crippen LogP) is -1.09. The second kappa shape index (κ2) is 3.53. The van der Waals surface area contributed by atoms with E-state index in [0.717, 1.165) is 0 Å². The number of β-amino-alcohol motifs (C(OH)–C–C–N with tert-alkyl or cyclic N) is 1. The second-order valence-electron chi connectivity index (χ2n) is 2.81. The fourth-order valence-corrected chi connectivity index (χ4v) is 1.17. The fourth-order valence-electron chi connectivity index (χ4n) is 1.17. The molecule has 0 aromatic heterocycles. The Morgan fingerprint density at radius 2 is 2.50 bits per heavy atom. The molecule has 0 saturated heterocycles. The van der Waals surface area contributed by atoms with Gasteiger partial charge in [-0.25, -0.2) is 4.99 Å². The van der Waals surface area contributed by atoms with Crippen LogP contribution >= 0.6 is 0 Å². The number of rotatable bonds is 2. The maximum absolute atomic E-state index is 11.3. The molecule has 1 aliphatic heterocycles. The number of hydrogen-bond donors (Lipinski definition) is 2. The number of carbonyl (C=O) groups excluding carboxylic acids is 1. The number of amides is 1. The number of aliphatic imine (C=N–C) groups is 1. The molecule has 0 aromatic carbocycles. The van der Waals surface area contributed by atoms with Gasteiger partial charge in [-0.15, -0.1) is 0 Å². The first-order chi connectivity index (χ1) is 5.65. The Labute approximate surface area is 70.9 Å². The van der Waals surface area contributed by atoms with Crippen molar-refractivity contribution in [1.29, 1.82) is 0 Å². The number of nitrogens with zero attached hydrogens (tertiary/aromatic N) is 2. The van der Waals surface area contributed by atoms with Gasteiger partial charge in [0.15, 0.2) is 5.96 Å². The Bertz CT molecular complexity index is 215. The second-order valence-corrected chi connectivity index (χ2v) is 2.81. The third-order valence-corrected chi connectivity index (χ3v) is 1.72. The molecule has 0 aliphatic carbocycles. The third kappa shape index (κ3) is 1.73. The third-order valence-electron chi connectivity index (χ3n) is 1.72. The van der Waals surface area contributed by atoms with Crippen molar-refractivity contribution in [2.24, 2.45) is 10.7 Å². The zero-order valence-electron chi connectivity index (χ0n) is 7.03. The van der Waals surface area contributed by atoms with Gasteiger partial charge in [0.2, 0.25) is 5.91 Å². The molecular formula is C7H13N3O2. The van der Waals surface area contributed by atoms with Gasteiger partial charge in [-0.2, -0.15) is 0 Å². The van der Waals surface area contributed by atoms with Crippen LogP contribution in [0.5, 0.6) is 0 Å². The number of carbonyl (C=O) groups is 1. The Morgan fingerprint density at radius 1 is 1.83 bits per heavy atom. The summed E-state index contributed by atoms with van der Waals surface area (Å²) in [4.78, 5) is 16.6. The van der Waals surface area contributed by atoms with Crippen molar-refractivity contribution in [3.8, 4) is 0 Å². The summed E-state index contributed by atoms with van der Waals surface area (Å²) in [5.74, 6) is 0.150. The summed E-state index contributed by atoms with van der Waals surface area (Å²) >= 11 is 0. The van der Waals surface area contributed by atoms with Crippen LogP contribution in [-0.2, 0) is 4.79 Å². The van der Waals surface area contributed by atoms with Gasteiger partial charge in [0.1, 0.15) is 0 Å². The average Bonchev–Trinajstić information content (AvgIpc) is 1.96. The molecule has 68 valence electrons. The molecular weight excluding hydrogens is 158 g/mol. The molecule has 0 radical (unpaired) electrons. The lowest BCUT2D eigenvalue weighted by atomic mass is 10.2. The highest BCUT2D eigenvalue weighted by Gasteiger charge is 2.23. The largest absolute Gasteiger partial charge is 0.395 e. The lowest BCUT2D eigenvalue weighted by Gasteiger charge is -2.26. The topological polar surface area (TPSA) is 78.9 Å². The van der Waals surface area contributed by atoms with E-state index in [9.17, 15) is 4.79 Å². The first-order valence-corrected chi connectivity index (χ1v) is 3.89. The van der Waals surface area contributed by atoms with Crippen LogP contribution in [0.25, 0.3) is 0 Å². The number of guanidine groups is 1. The molecule has 1 aliphatic rings. The highest BCUT2D eigenvalue weighted by atomic mass is 16.3. The van der Waals surface area contributed by atoms with Crippen LogP contribution in [0.1, 0.15) is 13.3 Å². The number of aliphatic hydroxyl groups excluding tert-OH is 1. The molecule has 5 heteroatoms. The van der Waals surface area contributed by atoms with E-state index in [2.05, 4.69) is 4.99 Å². The molecule has 0 spiro atoms. The quantitative estimate of drug-likeness (QED) is 0.554. The first-order valence-electron chi connectivity index (χ1n) is 3.89. The molecule has 1 unspecified atom stereocenters. The van der Waals surface area contributed by atoms with Crippen molar-refractivity contribution in [2.45, 2.75) is 19.4 Å². The molecule has 1 rings (SSSR count). The van der Waals surface area contributed by atoms with Crippen LogP contribution in [0.2, 0.25) is 0 Å². The minimum Gasteiger partial charge on any atom is -0.395 e. The molecule has 12 heavy (non-hydrogen) atoms. The zero-order chi connectivity index (χ0) is 9.14. The molecule has 0 bridgehead atoms. The molecule has 5 nitrogen and oxygen atoms in total. The van der Waals surface area contributed by atoms with Crippen molar-refractivity contribution < 1.29 is 9.90 Å². The number of aliphatic hydroxyl groups is 1. The predicted molar refractivity (Wildman–Crippen MR) is 44.5 cm³/mol. The molecule has 0 fully saturated rings.